The molecule has 1 aliphatic rings. The number of nitrogens with zero attached hydrogens (tertiary/aromatic N) is 4. The lowest BCUT2D eigenvalue weighted by molar-refractivity contribution is 0.0699. The van der Waals surface area contributed by atoms with E-state index in [0.29, 0.717) is 24.7 Å². The average molecular weight is 397 g/mol. The second kappa shape index (κ2) is 8.22. The number of rotatable bonds is 5. The van der Waals surface area contributed by atoms with Crippen LogP contribution in [0.1, 0.15) is 71.3 Å². The summed E-state index contributed by atoms with van der Waals surface area (Å²) in [5.74, 6) is 1.96. The second-order valence-corrected chi connectivity index (χ2v) is 8.44. The smallest absolute Gasteiger partial charge is 0.273 e. The summed E-state index contributed by atoms with van der Waals surface area (Å²) in [4.78, 5) is 23.8. The van der Waals surface area contributed by atoms with Crippen LogP contribution in [0.25, 0.3) is 0 Å². The highest BCUT2D eigenvalue weighted by Crippen LogP contribution is 2.28. The van der Waals surface area contributed by atoms with E-state index in [0.717, 1.165) is 30.1 Å². The number of aromatic nitrogens is 3. The van der Waals surface area contributed by atoms with Crippen LogP contribution >= 0.6 is 11.3 Å². The molecule has 0 N–H and O–H groups in total. The molecule has 0 aliphatic carbocycles. The van der Waals surface area contributed by atoms with Crippen molar-refractivity contribution < 1.29 is 9.32 Å². The maximum absolute atomic E-state index is 12.8. The van der Waals surface area contributed by atoms with Gasteiger partial charge in [-0.05, 0) is 18.4 Å². The molecule has 1 fully saturated rings. The van der Waals surface area contributed by atoms with E-state index in [1.165, 1.54) is 5.56 Å². The second-order valence-electron chi connectivity index (χ2n) is 7.50. The van der Waals surface area contributed by atoms with Crippen molar-refractivity contribution in [1.82, 2.24) is 20.0 Å². The molecule has 3 heterocycles. The van der Waals surface area contributed by atoms with Gasteiger partial charge in [-0.25, -0.2) is 4.98 Å². The fourth-order valence-corrected chi connectivity index (χ4v) is 4.20. The third-order valence-corrected chi connectivity index (χ3v) is 5.92. The molecule has 0 spiro atoms. The van der Waals surface area contributed by atoms with Crippen LogP contribution < -0.4 is 0 Å². The van der Waals surface area contributed by atoms with Crippen molar-refractivity contribution in [2.75, 3.05) is 13.1 Å². The lowest BCUT2D eigenvalue weighted by Crippen LogP contribution is -2.38. The van der Waals surface area contributed by atoms with Crippen molar-refractivity contribution in [3.8, 4) is 0 Å². The summed E-state index contributed by atoms with van der Waals surface area (Å²) in [7, 11) is 0. The Morgan fingerprint density at radius 2 is 1.96 bits per heavy atom. The maximum atomic E-state index is 12.8. The quantitative estimate of drug-likeness (QED) is 0.644. The Kier molecular flexibility index (Phi) is 5.52. The summed E-state index contributed by atoms with van der Waals surface area (Å²) >= 11 is 1.55. The van der Waals surface area contributed by atoms with E-state index < -0.39 is 0 Å². The zero-order valence-electron chi connectivity index (χ0n) is 16.2. The normalized spacial score (nSPS) is 15.3. The van der Waals surface area contributed by atoms with Gasteiger partial charge in [0, 0.05) is 36.7 Å². The molecule has 1 aliphatic heterocycles. The first-order valence-corrected chi connectivity index (χ1v) is 10.6. The molecule has 0 saturated carbocycles. The first-order chi connectivity index (χ1) is 13.6. The number of thiazole rings is 1. The number of piperidine rings is 1. The third-order valence-electron chi connectivity index (χ3n) is 5.07. The minimum Gasteiger partial charge on any atom is -0.339 e. The minimum absolute atomic E-state index is 0.0161. The number of carbonyl (C=O) groups excluding carboxylic acids is 1. The van der Waals surface area contributed by atoms with Crippen molar-refractivity contribution in [1.29, 1.82) is 0 Å². The van der Waals surface area contributed by atoms with Crippen molar-refractivity contribution in [2.24, 2.45) is 0 Å². The molecule has 28 heavy (non-hydrogen) atoms. The Bertz CT molecular complexity index is 927. The van der Waals surface area contributed by atoms with Gasteiger partial charge in [-0.1, -0.05) is 49.3 Å². The highest BCUT2D eigenvalue weighted by Gasteiger charge is 2.29. The van der Waals surface area contributed by atoms with Gasteiger partial charge < -0.3 is 9.42 Å². The van der Waals surface area contributed by atoms with Crippen molar-refractivity contribution in [2.45, 2.75) is 44.9 Å². The maximum Gasteiger partial charge on any atom is 0.273 e. The van der Waals surface area contributed by atoms with Crippen molar-refractivity contribution >= 4 is 17.2 Å². The molecule has 146 valence electrons. The van der Waals surface area contributed by atoms with E-state index in [1.807, 2.05) is 28.5 Å². The fraction of sp³-hybridized carbons (Fsp3) is 0.429. The van der Waals surface area contributed by atoms with Gasteiger partial charge in [-0.2, -0.15) is 4.98 Å². The number of hydrogen-bond donors (Lipinski definition) is 0. The van der Waals surface area contributed by atoms with Gasteiger partial charge in [-0.15, -0.1) is 11.3 Å². The minimum atomic E-state index is 0.0161. The van der Waals surface area contributed by atoms with E-state index in [9.17, 15) is 4.79 Å². The number of hydrogen-bond acceptors (Lipinski definition) is 6. The number of benzene rings is 1. The van der Waals surface area contributed by atoms with Crippen LogP contribution in [0.4, 0.5) is 0 Å². The van der Waals surface area contributed by atoms with Gasteiger partial charge in [0.1, 0.15) is 5.69 Å². The number of amides is 1. The Labute approximate surface area is 168 Å². The van der Waals surface area contributed by atoms with Gasteiger partial charge in [0.25, 0.3) is 5.91 Å². The molecule has 4 rings (SSSR count). The molecule has 1 amide bonds. The zero-order valence-corrected chi connectivity index (χ0v) is 17.0. The first-order valence-electron chi connectivity index (χ1n) is 9.71. The van der Waals surface area contributed by atoms with E-state index >= 15 is 0 Å². The van der Waals surface area contributed by atoms with E-state index in [1.54, 1.807) is 11.3 Å². The van der Waals surface area contributed by atoms with Crippen LogP contribution in [-0.2, 0) is 6.42 Å². The molecule has 0 atom stereocenters. The molecule has 2 aromatic heterocycles. The molecule has 0 bridgehead atoms. The predicted molar refractivity (Wildman–Crippen MR) is 108 cm³/mol. The van der Waals surface area contributed by atoms with E-state index in [-0.39, 0.29) is 17.7 Å². The lowest BCUT2D eigenvalue weighted by atomic mass is 9.96. The Morgan fingerprint density at radius 3 is 2.64 bits per heavy atom. The van der Waals surface area contributed by atoms with Crippen molar-refractivity contribution in [3.05, 3.63) is 63.7 Å². The molecule has 1 saturated heterocycles. The monoisotopic (exact) mass is 396 g/mol. The van der Waals surface area contributed by atoms with E-state index in [2.05, 4.69) is 41.1 Å². The zero-order chi connectivity index (χ0) is 19.5. The first kappa shape index (κ1) is 18.8. The van der Waals surface area contributed by atoms with Gasteiger partial charge in [0.15, 0.2) is 5.82 Å². The Hall–Kier alpha value is -2.54. The van der Waals surface area contributed by atoms with Crippen LogP contribution in [-0.4, -0.2) is 39.0 Å². The number of likely N-dealkylation sites (tertiary alicyclic amines) is 1. The molecule has 3 aromatic rings. The summed E-state index contributed by atoms with van der Waals surface area (Å²) < 4.78 is 5.43. The Morgan fingerprint density at radius 1 is 1.21 bits per heavy atom. The van der Waals surface area contributed by atoms with Crippen LogP contribution in [0, 0.1) is 0 Å². The van der Waals surface area contributed by atoms with Gasteiger partial charge in [0.2, 0.25) is 5.89 Å². The molecule has 0 radical (unpaired) electrons. The standard InChI is InChI=1S/C21H24N4O2S/c1-14(2)19-23-20(27-24-19)16-8-10-25(11-9-16)21(26)17-13-28-18(22-17)12-15-6-4-3-5-7-15/h3-7,13-14,16H,8-12H2,1-2H3. The van der Waals surface area contributed by atoms with Gasteiger partial charge in [0.05, 0.1) is 5.01 Å². The molecule has 7 heteroatoms. The summed E-state index contributed by atoms with van der Waals surface area (Å²) in [6, 6.07) is 10.2. The highest BCUT2D eigenvalue weighted by molar-refractivity contribution is 7.09. The van der Waals surface area contributed by atoms with Gasteiger partial charge >= 0.3 is 0 Å². The average Bonchev–Trinajstić information content (AvgIpc) is 3.38. The fourth-order valence-electron chi connectivity index (χ4n) is 3.40. The molecular weight excluding hydrogens is 372 g/mol. The van der Waals surface area contributed by atoms with Crippen LogP contribution in [0.2, 0.25) is 0 Å². The van der Waals surface area contributed by atoms with Crippen molar-refractivity contribution in [3.63, 3.8) is 0 Å². The summed E-state index contributed by atoms with van der Waals surface area (Å²) in [5, 5.41) is 6.90. The van der Waals surface area contributed by atoms with Gasteiger partial charge in [-0.3, -0.25) is 4.79 Å². The highest BCUT2D eigenvalue weighted by atomic mass is 32.1. The summed E-state index contributed by atoms with van der Waals surface area (Å²) in [5.41, 5.74) is 1.76. The van der Waals surface area contributed by atoms with E-state index in [4.69, 9.17) is 4.52 Å². The van der Waals surface area contributed by atoms with Crippen LogP contribution in [0.5, 0.6) is 0 Å². The molecule has 6 nitrogen and oxygen atoms in total. The largest absolute Gasteiger partial charge is 0.339 e. The topological polar surface area (TPSA) is 72.1 Å². The molecular formula is C21H24N4O2S. The lowest BCUT2D eigenvalue weighted by Gasteiger charge is -2.29. The SMILES string of the molecule is CC(C)c1noc(C2CCN(C(=O)c3csc(Cc4ccccc4)n3)CC2)n1. The summed E-state index contributed by atoms with van der Waals surface area (Å²) in [6.45, 7) is 5.48. The third kappa shape index (κ3) is 4.14. The summed E-state index contributed by atoms with van der Waals surface area (Å²) in [6.07, 6.45) is 2.44. The number of carbonyl (C=O) groups is 1. The van der Waals surface area contributed by atoms with Crippen LogP contribution in [0.15, 0.2) is 40.2 Å². The van der Waals surface area contributed by atoms with Crippen LogP contribution in [0.3, 0.4) is 0 Å². The predicted octanol–water partition coefficient (Wildman–Crippen LogP) is 4.26. The Balaban J connectivity index is 1.35. The molecule has 0 unspecified atom stereocenters. The molecule has 1 aromatic carbocycles.